The number of nitrogens with one attached hydrogen (secondary N) is 1. The summed E-state index contributed by atoms with van der Waals surface area (Å²) in [6, 6.07) is 6.84. The van der Waals surface area contributed by atoms with Crippen molar-refractivity contribution >= 4 is 21.9 Å². The van der Waals surface area contributed by atoms with Crippen LogP contribution in [0.15, 0.2) is 30.5 Å². The number of methoxy groups -OCH3 is 1. The minimum absolute atomic E-state index is 0.235. The molecular formula is C12H9FN2O. The Morgan fingerprint density at radius 3 is 3.00 bits per heavy atom. The summed E-state index contributed by atoms with van der Waals surface area (Å²) in [5.41, 5.74) is 2.50. The number of pyridine rings is 1. The number of benzene rings is 1. The van der Waals surface area contributed by atoms with Crippen molar-refractivity contribution in [1.29, 1.82) is 0 Å². The Kier molecular flexibility index (Phi) is 1.83. The fourth-order valence-electron chi connectivity index (χ4n) is 1.88. The van der Waals surface area contributed by atoms with E-state index in [2.05, 4.69) is 9.97 Å². The van der Waals surface area contributed by atoms with Crippen LogP contribution in [-0.4, -0.2) is 17.1 Å². The van der Waals surface area contributed by atoms with Crippen LogP contribution in [0.25, 0.3) is 21.9 Å². The highest BCUT2D eigenvalue weighted by Crippen LogP contribution is 2.28. The van der Waals surface area contributed by atoms with Crippen LogP contribution in [0.4, 0.5) is 4.39 Å². The van der Waals surface area contributed by atoms with Crippen molar-refractivity contribution in [2.24, 2.45) is 0 Å². The first kappa shape index (κ1) is 9.15. The largest absolute Gasteiger partial charge is 0.494 e. The molecule has 2 heterocycles. The van der Waals surface area contributed by atoms with Gasteiger partial charge in [-0.15, -0.1) is 0 Å². The molecule has 80 valence electrons. The molecule has 0 saturated carbocycles. The van der Waals surface area contributed by atoms with Gasteiger partial charge in [-0.1, -0.05) is 0 Å². The van der Waals surface area contributed by atoms with E-state index in [1.54, 1.807) is 12.3 Å². The summed E-state index contributed by atoms with van der Waals surface area (Å²) in [6.07, 6.45) is 1.69. The lowest BCUT2D eigenvalue weighted by molar-refractivity contribution is 0.387. The number of rotatable bonds is 1. The van der Waals surface area contributed by atoms with E-state index in [1.165, 1.54) is 13.2 Å². The van der Waals surface area contributed by atoms with E-state index in [1.807, 2.05) is 12.1 Å². The Labute approximate surface area is 90.9 Å². The average molecular weight is 216 g/mol. The van der Waals surface area contributed by atoms with Gasteiger partial charge < -0.3 is 9.72 Å². The van der Waals surface area contributed by atoms with Crippen LogP contribution in [0.1, 0.15) is 0 Å². The topological polar surface area (TPSA) is 37.9 Å². The van der Waals surface area contributed by atoms with E-state index >= 15 is 0 Å². The van der Waals surface area contributed by atoms with Gasteiger partial charge in [-0.25, -0.2) is 4.39 Å². The molecule has 0 spiro atoms. The second-order valence-electron chi connectivity index (χ2n) is 3.56. The number of aromatic amines is 1. The number of nitrogens with zero attached hydrogens (tertiary/aromatic N) is 1. The molecule has 16 heavy (non-hydrogen) atoms. The van der Waals surface area contributed by atoms with Gasteiger partial charge in [-0.3, -0.25) is 4.98 Å². The second-order valence-corrected chi connectivity index (χ2v) is 3.56. The van der Waals surface area contributed by atoms with Gasteiger partial charge in [0, 0.05) is 17.6 Å². The van der Waals surface area contributed by atoms with Crippen LogP contribution in [0, 0.1) is 5.82 Å². The monoisotopic (exact) mass is 216 g/mol. The smallest absolute Gasteiger partial charge is 0.165 e. The summed E-state index contributed by atoms with van der Waals surface area (Å²) >= 11 is 0. The minimum Gasteiger partial charge on any atom is -0.494 e. The molecule has 3 nitrogen and oxygen atoms in total. The normalized spacial score (nSPS) is 11.1. The SMILES string of the molecule is COc1cc2[nH]c3cccnc3c2cc1F. The second kappa shape index (κ2) is 3.20. The van der Waals surface area contributed by atoms with Crippen molar-refractivity contribution < 1.29 is 9.13 Å². The van der Waals surface area contributed by atoms with Crippen molar-refractivity contribution in [2.75, 3.05) is 7.11 Å². The highest BCUT2D eigenvalue weighted by molar-refractivity contribution is 6.05. The molecule has 0 bridgehead atoms. The zero-order valence-electron chi connectivity index (χ0n) is 8.62. The van der Waals surface area contributed by atoms with E-state index in [9.17, 15) is 4.39 Å². The molecular weight excluding hydrogens is 207 g/mol. The van der Waals surface area contributed by atoms with E-state index < -0.39 is 0 Å². The van der Waals surface area contributed by atoms with E-state index in [4.69, 9.17) is 4.74 Å². The molecule has 1 aromatic carbocycles. The summed E-state index contributed by atoms with van der Waals surface area (Å²) in [5, 5.41) is 0.772. The van der Waals surface area contributed by atoms with Gasteiger partial charge in [0.05, 0.1) is 23.7 Å². The van der Waals surface area contributed by atoms with Gasteiger partial charge >= 0.3 is 0 Å². The molecule has 0 amide bonds. The number of halogens is 1. The molecule has 3 aromatic rings. The van der Waals surface area contributed by atoms with Crippen molar-refractivity contribution in [3.05, 3.63) is 36.3 Å². The summed E-state index contributed by atoms with van der Waals surface area (Å²) < 4.78 is 18.5. The van der Waals surface area contributed by atoms with E-state index in [0.29, 0.717) is 0 Å². The Balaban J connectivity index is 2.46. The quantitative estimate of drug-likeness (QED) is 0.679. The zero-order valence-corrected chi connectivity index (χ0v) is 8.62. The Hall–Kier alpha value is -2.10. The Morgan fingerprint density at radius 1 is 1.31 bits per heavy atom. The summed E-state index contributed by atoms with van der Waals surface area (Å²) in [4.78, 5) is 7.40. The van der Waals surface area contributed by atoms with E-state index in [0.717, 1.165) is 21.9 Å². The standard InChI is InChI=1S/C12H9FN2O/c1-16-11-6-10-7(5-8(11)13)12-9(15-10)3-2-4-14-12/h2-6,15H,1H3. The van der Waals surface area contributed by atoms with Crippen molar-refractivity contribution in [3.8, 4) is 5.75 Å². The molecule has 0 saturated heterocycles. The average Bonchev–Trinajstić information content (AvgIpc) is 2.66. The van der Waals surface area contributed by atoms with Crippen LogP contribution in [0.2, 0.25) is 0 Å². The molecule has 0 aliphatic rings. The Bertz CT molecular complexity index is 675. The van der Waals surface area contributed by atoms with Gasteiger partial charge in [0.2, 0.25) is 0 Å². The lowest BCUT2D eigenvalue weighted by Crippen LogP contribution is -1.87. The van der Waals surface area contributed by atoms with Gasteiger partial charge in [0.25, 0.3) is 0 Å². The summed E-state index contributed by atoms with van der Waals surface area (Å²) in [5.74, 6) is -0.138. The van der Waals surface area contributed by atoms with Crippen molar-refractivity contribution in [1.82, 2.24) is 9.97 Å². The zero-order chi connectivity index (χ0) is 11.1. The third-order valence-corrected chi connectivity index (χ3v) is 2.62. The third-order valence-electron chi connectivity index (χ3n) is 2.62. The number of hydrogen-bond acceptors (Lipinski definition) is 2. The number of hydrogen-bond donors (Lipinski definition) is 1. The van der Waals surface area contributed by atoms with Gasteiger partial charge in [0.1, 0.15) is 0 Å². The molecule has 0 radical (unpaired) electrons. The van der Waals surface area contributed by atoms with Crippen molar-refractivity contribution in [2.45, 2.75) is 0 Å². The molecule has 0 atom stereocenters. The first-order valence-corrected chi connectivity index (χ1v) is 4.89. The number of ether oxygens (including phenoxy) is 1. The van der Waals surface area contributed by atoms with Crippen LogP contribution in [0.3, 0.4) is 0 Å². The van der Waals surface area contributed by atoms with Crippen LogP contribution < -0.4 is 4.74 Å². The van der Waals surface area contributed by atoms with Gasteiger partial charge in [-0.2, -0.15) is 0 Å². The molecule has 0 fully saturated rings. The lowest BCUT2D eigenvalue weighted by Gasteiger charge is -2.00. The number of H-pyrrole nitrogens is 1. The van der Waals surface area contributed by atoms with Crippen LogP contribution in [-0.2, 0) is 0 Å². The van der Waals surface area contributed by atoms with E-state index in [-0.39, 0.29) is 11.6 Å². The van der Waals surface area contributed by atoms with Crippen LogP contribution >= 0.6 is 0 Å². The maximum Gasteiger partial charge on any atom is 0.165 e. The maximum atomic E-state index is 13.6. The summed E-state index contributed by atoms with van der Waals surface area (Å²) in [6.45, 7) is 0. The molecule has 4 heteroatoms. The van der Waals surface area contributed by atoms with Gasteiger partial charge in [0.15, 0.2) is 11.6 Å². The highest BCUT2D eigenvalue weighted by Gasteiger charge is 2.10. The number of fused-ring (bicyclic) bond motifs is 3. The minimum atomic E-state index is -0.374. The van der Waals surface area contributed by atoms with Gasteiger partial charge in [-0.05, 0) is 18.2 Å². The molecule has 3 rings (SSSR count). The number of aromatic nitrogens is 2. The molecule has 0 aliphatic carbocycles. The predicted molar refractivity (Wildman–Crippen MR) is 60.1 cm³/mol. The Morgan fingerprint density at radius 2 is 2.19 bits per heavy atom. The molecule has 0 unspecified atom stereocenters. The lowest BCUT2D eigenvalue weighted by atomic mass is 10.2. The fourth-order valence-corrected chi connectivity index (χ4v) is 1.88. The summed E-state index contributed by atoms with van der Waals surface area (Å²) in [7, 11) is 1.45. The first-order chi connectivity index (χ1) is 7.79. The molecule has 1 N–H and O–H groups in total. The first-order valence-electron chi connectivity index (χ1n) is 4.89. The third kappa shape index (κ3) is 1.16. The van der Waals surface area contributed by atoms with Crippen LogP contribution in [0.5, 0.6) is 5.75 Å². The molecule has 2 aromatic heterocycles. The maximum absolute atomic E-state index is 13.6. The predicted octanol–water partition coefficient (Wildman–Crippen LogP) is 2.86. The fraction of sp³-hybridized carbons (Fsp3) is 0.0833. The molecule has 0 aliphatic heterocycles. The van der Waals surface area contributed by atoms with Crippen molar-refractivity contribution in [3.63, 3.8) is 0 Å². The highest BCUT2D eigenvalue weighted by atomic mass is 19.1.